The first-order valence-electron chi connectivity index (χ1n) is 7.17. The predicted molar refractivity (Wildman–Crippen MR) is 80.5 cm³/mol. The Kier molecular flexibility index (Phi) is 3.99. The van der Waals surface area contributed by atoms with Crippen LogP contribution in [0.2, 0.25) is 0 Å². The lowest BCUT2D eigenvalue weighted by atomic mass is 10.2. The van der Waals surface area contributed by atoms with Crippen LogP contribution in [0.4, 0.5) is 11.6 Å². The molecule has 1 N–H and O–H groups in total. The highest BCUT2D eigenvalue weighted by Gasteiger charge is 2.28. The molecule has 0 aromatic carbocycles. The number of aryl methyl sites for hydroxylation is 1. The molecule has 2 aliphatic rings. The van der Waals surface area contributed by atoms with Gasteiger partial charge in [-0.1, -0.05) is 0 Å². The molecular weight excluding hydrogens is 292 g/mol. The number of nitrogens with one attached hydrogen (secondary N) is 1. The summed E-state index contributed by atoms with van der Waals surface area (Å²) in [6.07, 6.45) is 0.637. The number of rotatable bonds is 3. The molecule has 1 aromatic heterocycles. The molecule has 116 valence electrons. The highest BCUT2D eigenvalue weighted by molar-refractivity contribution is 7.91. The summed E-state index contributed by atoms with van der Waals surface area (Å²) >= 11 is 0. The molecule has 2 fully saturated rings. The zero-order chi connectivity index (χ0) is 14.9. The number of morpholine rings is 1. The first-order chi connectivity index (χ1) is 10.0. The van der Waals surface area contributed by atoms with Gasteiger partial charge in [0, 0.05) is 25.2 Å². The van der Waals surface area contributed by atoms with Gasteiger partial charge in [0.1, 0.15) is 17.5 Å². The van der Waals surface area contributed by atoms with Crippen molar-refractivity contribution in [1.82, 2.24) is 9.97 Å². The fourth-order valence-electron chi connectivity index (χ4n) is 2.70. The molecule has 3 rings (SSSR count). The monoisotopic (exact) mass is 312 g/mol. The molecule has 1 atom stereocenters. The van der Waals surface area contributed by atoms with E-state index in [1.165, 1.54) is 0 Å². The van der Waals surface area contributed by atoms with E-state index in [1.54, 1.807) is 0 Å². The third kappa shape index (κ3) is 3.62. The van der Waals surface area contributed by atoms with E-state index >= 15 is 0 Å². The Hall–Kier alpha value is -1.41. The number of aromatic nitrogens is 2. The summed E-state index contributed by atoms with van der Waals surface area (Å²) in [4.78, 5) is 11.0. The average molecular weight is 312 g/mol. The lowest BCUT2D eigenvalue weighted by Crippen LogP contribution is -2.37. The molecule has 0 bridgehead atoms. The first kappa shape index (κ1) is 14.5. The maximum atomic E-state index is 11.5. The number of nitrogens with zero attached hydrogens (tertiary/aromatic N) is 3. The van der Waals surface area contributed by atoms with Gasteiger partial charge in [0.2, 0.25) is 0 Å². The van der Waals surface area contributed by atoms with Crippen LogP contribution in [0.15, 0.2) is 6.07 Å². The zero-order valence-electron chi connectivity index (χ0n) is 12.1. The van der Waals surface area contributed by atoms with Crippen molar-refractivity contribution in [3.63, 3.8) is 0 Å². The number of anilines is 2. The highest BCUT2D eigenvalue weighted by Crippen LogP contribution is 2.20. The molecule has 0 spiro atoms. The molecule has 0 amide bonds. The molecule has 8 heteroatoms. The van der Waals surface area contributed by atoms with Crippen LogP contribution < -0.4 is 10.2 Å². The molecule has 7 nitrogen and oxygen atoms in total. The minimum atomic E-state index is -2.89. The van der Waals surface area contributed by atoms with Gasteiger partial charge in [-0.3, -0.25) is 0 Å². The van der Waals surface area contributed by atoms with Gasteiger partial charge in [0.05, 0.1) is 24.7 Å². The molecule has 21 heavy (non-hydrogen) atoms. The van der Waals surface area contributed by atoms with E-state index in [0.717, 1.165) is 18.9 Å². The van der Waals surface area contributed by atoms with Crippen LogP contribution in [0, 0.1) is 6.92 Å². The second kappa shape index (κ2) is 5.76. The largest absolute Gasteiger partial charge is 0.378 e. The Bertz CT molecular complexity index is 614. The average Bonchev–Trinajstić information content (AvgIpc) is 2.78. The van der Waals surface area contributed by atoms with Gasteiger partial charge in [0.15, 0.2) is 9.84 Å². The Morgan fingerprint density at radius 2 is 2.10 bits per heavy atom. The van der Waals surface area contributed by atoms with Crippen LogP contribution >= 0.6 is 0 Å². The summed E-state index contributed by atoms with van der Waals surface area (Å²) in [7, 11) is -2.89. The first-order valence-corrected chi connectivity index (χ1v) is 8.99. The van der Waals surface area contributed by atoms with Crippen LogP contribution in [0.1, 0.15) is 12.2 Å². The third-order valence-electron chi connectivity index (χ3n) is 3.74. The van der Waals surface area contributed by atoms with Crippen LogP contribution in [0.3, 0.4) is 0 Å². The number of hydrogen-bond donors (Lipinski definition) is 1. The molecular formula is C13H20N4O3S. The van der Waals surface area contributed by atoms with E-state index in [-0.39, 0.29) is 17.5 Å². The van der Waals surface area contributed by atoms with Crippen molar-refractivity contribution in [2.45, 2.75) is 19.4 Å². The molecule has 3 heterocycles. The van der Waals surface area contributed by atoms with E-state index in [2.05, 4.69) is 20.2 Å². The van der Waals surface area contributed by atoms with Crippen LogP contribution in [0.25, 0.3) is 0 Å². The van der Waals surface area contributed by atoms with Crippen molar-refractivity contribution in [3.8, 4) is 0 Å². The van der Waals surface area contributed by atoms with Gasteiger partial charge in [-0.25, -0.2) is 18.4 Å². The van der Waals surface area contributed by atoms with Crippen LogP contribution in [-0.2, 0) is 14.6 Å². The summed E-state index contributed by atoms with van der Waals surface area (Å²) in [5.74, 6) is 2.69. The molecule has 0 radical (unpaired) electrons. The van der Waals surface area contributed by atoms with Gasteiger partial charge in [0.25, 0.3) is 0 Å². The van der Waals surface area contributed by atoms with Crippen molar-refractivity contribution in [2.75, 3.05) is 48.0 Å². The normalized spacial score (nSPS) is 25.0. The van der Waals surface area contributed by atoms with E-state index in [0.29, 0.717) is 31.3 Å². The fourth-order valence-corrected chi connectivity index (χ4v) is 4.37. The summed E-state index contributed by atoms with van der Waals surface area (Å²) in [6, 6.07) is 1.84. The summed E-state index contributed by atoms with van der Waals surface area (Å²) < 4.78 is 28.4. The molecule has 0 aliphatic carbocycles. The number of sulfone groups is 1. The van der Waals surface area contributed by atoms with E-state index in [1.807, 2.05) is 13.0 Å². The van der Waals surface area contributed by atoms with Crippen LogP contribution in [0.5, 0.6) is 0 Å². The Morgan fingerprint density at radius 1 is 1.33 bits per heavy atom. The Morgan fingerprint density at radius 3 is 2.76 bits per heavy atom. The Labute approximate surface area is 124 Å². The van der Waals surface area contributed by atoms with E-state index in [9.17, 15) is 8.42 Å². The molecule has 1 unspecified atom stereocenters. The minimum Gasteiger partial charge on any atom is -0.378 e. The molecule has 1 aromatic rings. The maximum Gasteiger partial charge on any atom is 0.152 e. The summed E-state index contributed by atoms with van der Waals surface area (Å²) in [6.45, 7) is 4.88. The standard InChI is InChI=1S/C13H20N4O3S/c1-10-14-12(16-11-2-7-21(18,19)9-11)8-13(15-10)17-3-5-20-6-4-17/h8,11H,2-7,9H2,1H3,(H,14,15,16). The smallest absolute Gasteiger partial charge is 0.152 e. The van der Waals surface area contributed by atoms with Crippen molar-refractivity contribution < 1.29 is 13.2 Å². The highest BCUT2D eigenvalue weighted by atomic mass is 32.2. The van der Waals surface area contributed by atoms with Crippen molar-refractivity contribution in [2.24, 2.45) is 0 Å². The van der Waals surface area contributed by atoms with Crippen LogP contribution in [-0.4, -0.2) is 62.2 Å². The predicted octanol–water partition coefficient (Wildman–Crippen LogP) is 0.221. The molecule has 0 saturated carbocycles. The fraction of sp³-hybridized carbons (Fsp3) is 0.692. The third-order valence-corrected chi connectivity index (χ3v) is 5.51. The number of ether oxygens (including phenoxy) is 1. The SMILES string of the molecule is Cc1nc(NC2CCS(=O)(=O)C2)cc(N2CCOCC2)n1. The topological polar surface area (TPSA) is 84.4 Å². The van der Waals surface area contributed by atoms with E-state index < -0.39 is 9.84 Å². The van der Waals surface area contributed by atoms with Crippen molar-refractivity contribution in [3.05, 3.63) is 11.9 Å². The van der Waals surface area contributed by atoms with Gasteiger partial charge in [-0.05, 0) is 13.3 Å². The number of hydrogen-bond acceptors (Lipinski definition) is 7. The van der Waals surface area contributed by atoms with Crippen molar-refractivity contribution >= 4 is 21.5 Å². The second-order valence-corrected chi connectivity index (χ2v) is 7.73. The lowest BCUT2D eigenvalue weighted by molar-refractivity contribution is 0.122. The summed E-state index contributed by atoms with van der Waals surface area (Å²) in [5.41, 5.74) is 0. The summed E-state index contributed by atoms with van der Waals surface area (Å²) in [5, 5.41) is 3.23. The second-order valence-electron chi connectivity index (χ2n) is 5.50. The van der Waals surface area contributed by atoms with Gasteiger partial charge < -0.3 is 15.0 Å². The van der Waals surface area contributed by atoms with Gasteiger partial charge in [-0.2, -0.15) is 0 Å². The van der Waals surface area contributed by atoms with E-state index in [4.69, 9.17) is 4.74 Å². The minimum absolute atomic E-state index is 0.0539. The quantitative estimate of drug-likeness (QED) is 0.854. The lowest BCUT2D eigenvalue weighted by Gasteiger charge is -2.28. The van der Waals surface area contributed by atoms with Gasteiger partial charge >= 0.3 is 0 Å². The molecule has 2 saturated heterocycles. The maximum absolute atomic E-state index is 11.5. The van der Waals surface area contributed by atoms with Crippen molar-refractivity contribution in [1.29, 1.82) is 0 Å². The zero-order valence-corrected chi connectivity index (χ0v) is 12.9. The Balaban J connectivity index is 1.75. The van der Waals surface area contributed by atoms with Gasteiger partial charge in [-0.15, -0.1) is 0 Å². The molecule has 2 aliphatic heterocycles.